The smallest absolute Gasteiger partial charge is 0.331 e. The van der Waals surface area contributed by atoms with Gasteiger partial charge in [0, 0.05) is 11.5 Å². The largest absolute Gasteiger partial charge is 0.481 e. The van der Waals surface area contributed by atoms with Crippen LogP contribution in [-0.2, 0) is 23.9 Å². The topological polar surface area (TPSA) is 130 Å². The molecule has 0 aromatic carbocycles. The zero-order valence-electron chi connectivity index (χ0n) is 20.7. The molecule has 0 bridgehead atoms. The van der Waals surface area contributed by atoms with Gasteiger partial charge in [0.1, 0.15) is 12.7 Å². The van der Waals surface area contributed by atoms with Gasteiger partial charge < -0.3 is 24.8 Å². The predicted molar refractivity (Wildman–Crippen MR) is 124 cm³/mol. The average molecular weight is 491 g/mol. The zero-order chi connectivity index (χ0) is 25.2. The van der Waals surface area contributed by atoms with Gasteiger partial charge in [0.15, 0.2) is 0 Å². The first-order valence-electron chi connectivity index (χ1n) is 13.2. The van der Waals surface area contributed by atoms with Crippen LogP contribution in [0, 0.1) is 34.5 Å². The second kappa shape index (κ2) is 8.58. The van der Waals surface area contributed by atoms with Gasteiger partial charge in [0.05, 0.1) is 24.5 Å². The summed E-state index contributed by atoms with van der Waals surface area (Å²) < 4.78 is 10.8. The summed E-state index contributed by atoms with van der Waals surface area (Å²) in [6.07, 6.45) is 6.45. The lowest BCUT2D eigenvalue weighted by atomic mass is 9.42. The first kappa shape index (κ1) is 24.8. The van der Waals surface area contributed by atoms with Crippen LogP contribution in [0.15, 0.2) is 11.6 Å². The van der Waals surface area contributed by atoms with Gasteiger partial charge in [-0.2, -0.15) is 0 Å². The number of cyclic esters (lactones) is 1. The molecular weight excluding hydrogens is 452 g/mol. The molecular formula is C27H38O8. The molecule has 0 saturated heterocycles. The molecule has 4 fully saturated rings. The molecule has 5 aliphatic rings. The van der Waals surface area contributed by atoms with Gasteiger partial charge in [-0.1, -0.05) is 13.8 Å². The maximum absolute atomic E-state index is 12.3. The number of hydrogen-bond donors (Lipinski definition) is 3. The van der Waals surface area contributed by atoms with Gasteiger partial charge in [-0.15, -0.1) is 0 Å². The van der Waals surface area contributed by atoms with Crippen LogP contribution in [-0.4, -0.2) is 57.6 Å². The molecule has 8 heteroatoms. The van der Waals surface area contributed by atoms with Gasteiger partial charge in [0.2, 0.25) is 0 Å². The van der Waals surface area contributed by atoms with Crippen molar-refractivity contribution in [2.24, 2.45) is 34.5 Å². The van der Waals surface area contributed by atoms with E-state index in [-0.39, 0.29) is 54.7 Å². The number of carboxylic acids is 1. The third-order valence-electron chi connectivity index (χ3n) is 10.9. The van der Waals surface area contributed by atoms with Gasteiger partial charge in [0.25, 0.3) is 0 Å². The summed E-state index contributed by atoms with van der Waals surface area (Å²) in [5.74, 6) is -1.28. The van der Waals surface area contributed by atoms with Crippen molar-refractivity contribution in [2.75, 3.05) is 6.61 Å². The second-order valence-electron chi connectivity index (χ2n) is 12.1. The minimum absolute atomic E-state index is 0.0608. The molecule has 5 rings (SSSR count). The highest BCUT2D eigenvalue weighted by molar-refractivity contribution is 5.85. The Hall–Kier alpha value is -1.93. The Labute approximate surface area is 206 Å². The summed E-state index contributed by atoms with van der Waals surface area (Å²) >= 11 is 0. The van der Waals surface area contributed by atoms with Crippen molar-refractivity contribution in [2.45, 2.75) is 95.9 Å². The Morgan fingerprint density at radius 2 is 1.86 bits per heavy atom. The quantitative estimate of drug-likeness (QED) is 0.502. The number of carbonyl (C=O) groups excluding carboxylic acids is 2. The zero-order valence-corrected chi connectivity index (χ0v) is 20.7. The van der Waals surface area contributed by atoms with Crippen LogP contribution in [0.2, 0.25) is 0 Å². The van der Waals surface area contributed by atoms with E-state index in [1.54, 1.807) is 6.08 Å². The van der Waals surface area contributed by atoms with Crippen molar-refractivity contribution >= 4 is 17.9 Å². The van der Waals surface area contributed by atoms with Crippen LogP contribution in [0.1, 0.15) is 78.1 Å². The summed E-state index contributed by atoms with van der Waals surface area (Å²) in [5.41, 5.74) is -0.875. The molecule has 0 spiro atoms. The molecule has 8 nitrogen and oxygen atoms in total. The lowest BCUT2D eigenvalue weighted by Crippen LogP contribution is -2.67. The Morgan fingerprint density at radius 1 is 1.09 bits per heavy atom. The second-order valence-corrected chi connectivity index (χ2v) is 12.1. The molecule has 3 N–H and O–H groups in total. The van der Waals surface area contributed by atoms with E-state index < -0.39 is 29.1 Å². The molecule has 35 heavy (non-hydrogen) atoms. The molecule has 1 heterocycles. The van der Waals surface area contributed by atoms with E-state index in [9.17, 15) is 24.6 Å². The standard InChI is InChI=1S/C27H38O8/c1-25-9-7-17(35-23(31)6-5-22(29)30)12-16(25)3-4-19-20(25)13-21(28)26(2)18(8-10-27(19,26)33)15-11-24(32)34-14-15/h11,16-21,28,33H,3-10,12-14H2,1-2H3,(H,29,30). The SMILES string of the molecule is CC12CCC(OC(=O)CCC(=O)O)CC1CCC1C2CC(O)C2(C)C(C3=CC(=O)OC3)CCC12O. The van der Waals surface area contributed by atoms with Crippen molar-refractivity contribution in [3.63, 3.8) is 0 Å². The third kappa shape index (κ3) is 3.74. The van der Waals surface area contributed by atoms with Gasteiger partial charge >= 0.3 is 17.9 Å². The molecule has 194 valence electrons. The fourth-order valence-electron chi connectivity index (χ4n) is 8.91. The molecule has 4 aliphatic carbocycles. The van der Waals surface area contributed by atoms with Crippen LogP contribution in [0.3, 0.4) is 0 Å². The lowest BCUT2D eigenvalue weighted by molar-refractivity contribution is -0.245. The summed E-state index contributed by atoms with van der Waals surface area (Å²) in [5, 5.41) is 32.7. The number of carbonyl (C=O) groups is 3. The third-order valence-corrected chi connectivity index (χ3v) is 10.9. The number of rotatable bonds is 5. The van der Waals surface area contributed by atoms with E-state index in [0.717, 1.165) is 44.1 Å². The number of aliphatic hydroxyl groups is 2. The first-order chi connectivity index (χ1) is 16.5. The van der Waals surface area contributed by atoms with Crippen LogP contribution >= 0.6 is 0 Å². The summed E-state index contributed by atoms with van der Waals surface area (Å²) in [6.45, 7) is 4.55. The average Bonchev–Trinajstić information content (AvgIpc) is 3.34. The number of aliphatic hydroxyl groups excluding tert-OH is 1. The minimum atomic E-state index is -1.00. The van der Waals surface area contributed by atoms with Gasteiger partial charge in [-0.05, 0) is 86.0 Å². The van der Waals surface area contributed by atoms with Crippen LogP contribution in [0.4, 0.5) is 0 Å². The summed E-state index contributed by atoms with van der Waals surface area (Å²) in [7, 11) is 0. The molecule has 0 aromatic heterocycles. The fraction of sp³-hybridized carbons (Fsp3) is 0.815. The Balaban J connectivity index is 1.33. The number of aliphatic carboxylic acids is 1. The first-order valence-corrected chi connectivity index (χ1v) is 13.2. The van der Waals surface area contributed by atoms with E-state index >= 15 is 0 Å². The van der Waals surface area contributed by atoms with Crippen molar-refractivity contribution in [3.05, 3.63) is 11.6 Å². The summed E-state index contributed by atoms with van der Waals surface area (Å²) in [4.78, 5) is 34.6. The van der Waals surface area contributed by atoms with E-state index in [4.69, 9.17) is 14.6 Å². The van der Waals surface area contributed by atoms with Gasteiger partial charge in [-0.3, -0.25) is 9.59 Å². The van der Waals surface area contributed by atoms with Crippen molar-refractivity contribution in [3.8, 4) is 0 Å². The number of hydrogen-bond acceptors (Lipinski definition) is 7. The molecule has 0 aromatic rings. The number of carboxylic acid groups (broad SMARTS) is 1. The summed E-state index contributed by atoms with van der Waals surface area (Å²) in [6, 6.07) is 0. The maximum atomic E-state index is 12.3. The van der Waals surface area contributed by atoms with Gasteiger partial charge in [-0.25, -0.2) is 4.79 Å². The number of esters is 2. The minimum Gasteiger partial charge on any atom is -0.481 e. The Bertz CT molecular complexity index is 943. The predicted octanol–water partition coefficient (Wildman–Crippen LogP) is 2.99. The van der Waals surface area contributed by atoms with E-state index in [2.05, 4.69) is 6.92 Å². The number of fused-ring (bicyclic) bond motifs is 5. The normalized spacial score (nSPS) is 46.6. The highest BCUT2D eigenvalue weighted by Crippen LogP contribution is 2.70. The monoisotopic (exact) mass is 490 g/mol. The molecule has 1 aliphatic heterocycles. The van der Waals surface area contributed by atoms with E-state index in [1.165, 1.54) is 0 Å². The van der Waals surface area contributed by atoms with Crippen LogP contribution in [0.5, 0.6) is 0 Å². The molecule has 0 radical (unpaired) electrons. The van der Waals surface area contributed by atoms with Crippen molar-refractivity contribution < 1.29 is 39.2 Å². The van der Waals surface area contributed by atoms with Crippen molar-refractivity contribution in [1.82, 2.24) is 0 Å². The highest BCUT2D eigenvalue weighted by atomic mass is 16.5. The maximum Gasteiger partial charge on any atom is 0.331 e. The number of ether oxygens (including phenoxy) is 2. The molecule has 9 atom stereocenters. The fourth-order valence-corrected chi connectivity index (χ4v) is 8.91. The van der Waals surface area contributed by atoms with Crippen LogP contribution < -0.4 is 0 Å². The van der Waals surface area contributed by atoms with Crippen molar-refractivity contribution in [1.29, 1.82) is 0 Å². The molecule has 9 unspecified atom stereocenters. The van der Waals surface area contributed by atoms with E-state index in [0.29, 0.717) is 18.8 Å². The Kier molecular flexibility index (Phi) is 6.07. The Morgan fingerprint density at radius 3 is 2.54 bits per heavy atom. The molecule has 0 amide bonds. The highest BCUT2D eigenvalue weighted by Gasteiger charge is 2.70. The van der Waals surface area contributed by atoms with E-state index in [1.807, 2.05) is 6.92 Å². The molecule has 4 saturated carbocycles. The van der Waals surface area contributed by atoms with Crippen LogP contribution in [0.25, 0.3) is 0 Å². The lowest BCUT2D eigenvalue weighted by Gasteiger charge is -2.65.